The zero-order valence-electron chi connectivity index (χ0n) is 8.58. The van der Waals surface area contributed by atoms with Crippen molar-refractivity contribution in [2.24, 2.45) is 0 Å². The zero-order valence-corrected chi connectivity index (χ0v) is 10.3. The second-order valence-corrected chi connectivity index (χ2v) is 4.58. The van der Waals surface area contributed by atoms with E-state index in [4.69, 9.17) is 5.73 Å². The van der Waals surface area contributed by atoms with E-state index in [-0.39, 0.29) is 0 Å². The molecule has 0 unspecified atom stereocenters. The van der Waals surface area contributed by atoms with E-state index >= 15 is 0 Å². The summed E-state index contributed by atoms with van der Waals surface area (Å²) in [5.41, 5.74) is 6.72. The molecule has 4 nitrogen and oxygen atoms in total. The monoisotopic (exact) mass is 252 g/mol. The van der Waals surface area contributed by atoms with Crippen LogP contribution in [-0.2, 0) is 0 Å². The van der Waals surface area contributed by atoms with Gasteiger partial charge in [-0.2, -0.15) is 22.3 Å². The molecule has 16 heavy (non-hydrogen) atoms. The van der Waals surface area contributed by atoms with Crippen molar-refractivity contribution in [3.8, 4) is 5.69 Å². The summed E-state index contributed by atoms with van der Waals surface area (Å²) >= 11 is 5.69. The van der Waals surface area contributed by atoms with E-state index in [1.54, 1.807) is 16.4 Å². The van der Waals surface area contributed by atoms with Crippen LogP contribution in [0.15, 0.2) is 35.5 Å². The molecule has 0 aliphatic carbocycles. The Hall–Kier alpha value is -1.14. The van der Waals surface area contributed by atoms with Gasteiger partial charge in [-0.25, -0.2) is 0 Å². The highest BCUT2D eigenvalue weighted by molar-refractivity contribution is 7.99. The molecule has 0 radical (unpaired) electrons. The summed E-state index contributed by atoms with van der Waals surface area (Å²) in [5, 5.41) is 5.02. The van der Waals surface area contributed by atoms with Crippen LogP contribution in [0.25, 0.3) is 5.69 Å². The minimum atomic E-state index is 0.410. The molecule has 1 aromatic carbocycles. The SMILES string of the molecule is Nc1nc(SCCS)nn1-c1ccccc1. The molecule has 0 spiro atoms. The summed E-state index contributed by atoms with van der Waals surface area (Å²) < 4.78 is 1.64. The molecule has 0 aliphatic heterocycles. The Kier molecular flexibility index (Phi) is 3.74. The minimum Gasteiger partial charge on any atom is -0.368 e. The number of thiol groups is 1. The Morgan fingerprint density at radius 1 is 1.31 bits per heavy atom. The Morgan fingerprint density at radius 2 is 2.06 bits per heavy atom. The molecule has 2 aromatic rings. The molecule has 0 bridgehead atoms. The van der Waals surface area contributed by atoms with E-state index in [0.717, 1.165) is 17.2 Å². The standard InChI is InChI=1S/C10H12N4S2/c11-9-12-10(16-7-6-15)13-14(9)8-4-2-1-3-5-8/h1-5,15H,6-7H2,(H2,11,12,13). The van der Waals surface area contributed by atoms with Gasteiger partial charge in [-0.3, -0.25) is 0 Å². The third kappa shape index (κ3) is 2.51. The summed E-state index contributed by atoms with van der Waals surface area (Å²) in [6, 6.07) is 9.72. The number of thioether (sulfide) groups is 1. The van der Waals surface area contributed by atoms with Gasteiger partial charge in [0.05, 0.1) is 5.69 Å². The second-order valence-electron chi connectivity index (χ2n) is 3.07. The van der Waals surface area contributed by atoms with Gasteiger partial charge in [0.15, 0.2) is 0 Å². The van der Waals surface area contributed by atoms with Gasteiger partial charge < -0.3 is 5.73 Å². The Morgan fingerprint density at radius 3 is 2.75 bits per heavy atom. The Bertz CT molecular complexity index is 455. The maximum absolute atomic E-state index is 5.80. The number of anilines is 1. The van der Waals surface area contributed by atoms with Crippen molar-refractivity contribution in [3.63, 3.8) is 0 Å². The Labute approximate surface area is 104 Å². The normalized spacial score (nSPS) is 10.6. The average molecular weight is 252 g/mol. The number of para-hydroxylation sites is 1. The fraction of sp³-hybridized carbons (Fsp3) is 0.200. The highest BCUT2D eigenvalue weighted by Gasteiger charge is 2.08. The van der Waals surface area contributed by atoms with Crippen LogP contribution in [0.5, 0.6) is 0 Å². The third-order valence-corrected chi connectivity index (χ3v) is 3.30. The Balaban J connectivity index is 2.25. The third-order valence-electron chi connectivity index (χ3n) is 1.94. The largest absolute Gasteiger partial charge is 0.368 e. The van der Waals surface area contributed by atoms with Gasteiger partial charge in [0.25, 0.3) is 0 Å². The first-order chi connectivity index (χ1) is 7.81. The van der Waals surface area contributed by atoms with E-state index in [2.05, 4.69) is 22.7 Å². The molecule has 1 aromatic heterocycles. The molecule has 0 amide bonds. The van der Waals surface area contributed by atoms with Gasteiger partial charge in [0.2, 0.25) is 11.1 Å². The van der Waals surface area contributed by atoms with Crippen LogP contribution in [-0.4, -0.2) is 26.3 Å². The van der Waals surface area contributed by atoms with E-state index in [1.807, 2.05) is 30.3 Å². The molecular formula is C10H12N4S2. The fourth-order valence-electron chi connectivity index (χ4n) is 1.26. The van der Waals surface area contributed by atoms with Crippen LogP contribution in [0.4, 0.5) is 5.95 Å². The van der Waals surface area contributed by atoms with Crippen molar-refractivity contribution in [2.75, 3.05) is 17.2 Å². The van der Waals surface area contributed by atoms with Gasteiger partial charge in [-0.15, -0.1) is 5.10 Å². The lowest BCUT2D eigenvalue weighted by molar-refractivity contribution is 0.841. The van der Waals surface area contributed by atoms with Gasteiger partial charge in [0, 0.05) is 5.75 Å². The molecule has 1 heterocycles. The highest BCUT2D eigenvalue weighted by Crippen LogP contribution is 2.18. The minimum absolute atomic E-state index is 0.410. The first-order valence-electron chi connectivity index (χ1n) is 4.83. The van der Waals surface area contributed by atoms with E-state index in [9.17, 15) is 0 Å². The van der Waals surface area contributed by atoms with Crippen LogP contribution in [0, 0.1) is 0 Å². The predicted molar refractivity (Wildman–Crippen MR) is 70.3 cm³/mol. The summed E-state index contributed by atoms with van der Waals surface area (Å²) in [5.74, 6) is 2.08. The van der Waals surface area contributed by atoms with Crippen molar-refractivity contribution in [1.82, 2.24) is 14.8 Å². The van der Waals surface area contributed by atoms with Crippen LogP contribution in [0.2, 0.25) is 0 Å². The molecule has 0 saturated heterocycles. The van der Waals surface area contributed by atoms with E-state index in [1.165, 1.54) is 0 Å². The average Bonchev–Trinajstić information content (AvgIpc) is 2.69. The van der Waals surface area contributed by atoms with Crippen LogP contribution < -0.4 is 5.73 Å². The van der Waals surface area contributed by atoms with Crippen molar-refractivity contribution in [3.05, 3.63) is 30.3 Å². The maximum atomic E-state index is 5.80. The van der Waals surface area contributed by atoms with Gasteiger partial charge in [-0.05, 0) is 17.9 Å². The van der Waals surface area contributed by atoms with Crippen LogP contribution >= 0.6 is 24.4 Å². The van der Waals surface area contributed by atoms with Crippen molar-refractivity contribution in [1.29, 1.82) is 0 Å². The lowest BCUT2D eigenvalue weighted by Crippen LogP contribution is -2.01. The lowest BCUT2D eigenvalue weighted by Gasteiger charge is -2.00. The first kappa shape index (κ1) is 11.3. The first-order valence-corrected chi connectivity index (χ1v) is 6.44. The molecular weight excluding hydrogens is 240 g/mol. The number of hydrogen-bond donors (Lipinski definition) is 2. The van der Waals surface area contributed by atoms with E-state index in [0.29, 0.717) is 11.1 Å². The second kappa shape index (κ2) is 5.27. The number of hydrogen-bond acceptors (Lipinski definition) is 5. The zero-order chi connectivity index (χ0) is 11.4. The summed E-state index contributed by atoms with van der Waals surface area (Å²) in [7, 11) is 0. The van der Waals surface area contributed by atoms with Gasteiger partial charge >= 0.3 is 0 Å². The predicted octanol–water partition coefficient (Wildman–Crippen LogP) is 1.87. The lowest BCUT2D eigenvalue weighted by atomic mass is 10.3. The maximum Gasteiger partial charge on any atom is 0.224 e. The summed E-state index contributed by atoms with van der Waals surface area (Å²) in [4.78, 5) is 4.18. The molecule has 0 saturated carbocycles. The number of aromatic nitrogens is 3. The molecule has 6 heteroatoms. The number of nitrogen functional groups attached to an aromatic ring is 1. The van der Waals surface area contributed by atoms with Gasteiger partial charge in [0.1, 0.15) is 0 Å². The molecule has 0 aliphatic rings. The topological polar surface area (TPSA) is 56.7 Å². The van der Waals surface area contributed by atoms with Crippen molar-refractivity contribution < 1.29 is 0 Å². The van der Waals surface area contributed by atoms with Gasteiger partial charge in [-0.1, -0.05) is 30.0 Å². The molecule has 2 N–H and O–H groups in total. The summed E-state index contributed by atoms with van der Waals surface area (Å²) in [6.45, 7) is 0. The quantitative estimate of drug-likeness (QED) is 0.644. The highest BCUT2D eigenvalue weighted by atomic mass is 32.2. The summed E-state index contributed by atoms with van der Waals surface area (Å²) in [6.07, 6.45) is 0. The number of nitrogens with zero attached hydrogens (tertiary/aromatic N) is 3. The van der Waals surface area contributed by atoms with E-state index < -0.39 is 0 Å². The molecule has 2 rings (SSSR count). The number of rotatable bonds is 4. The number of nitrogens with two attached hydrogens (primary N) is 1. The fourth-order valence-corrected chi connectivity index (χ4v) is 2.11. The van der Waals surface area contributed by atoms with Crippen LogP contribution in [0.1, 0.15) is 0 Å². The van der Waals surface area contributed by atoms with Crippen LogP contribution in [0.3, 0.4) is 0 Å². The van der Waals surface area contributed by atoms with Crippen molar-refractivity contribution >= 4 is 30.3 Å². The molecule has 0 fully saturated rings. The molecule has 0 atom stereocenters. The van der Waals surface area contributed by atoms with Crippen molar-refractivity contribution in [2.45, 2.75) is 5.16 Å². The smallest absolute Gasteiger partial charge is 0.224 e. The molecule has 84 valence electrons. The number of benzene rings is 1.